The average molecular weight is 298 g/mol. The van der Waals surface area contributed by atoms with E-state index in [1.54, 1.807) is 6.08 Å². The van der Waals surface area contributed by atoms with Crippen LogP contribution in [0.2, 0.25) is 0 Å². The normalized spacial score (nSPS) is 11.7. The minimum Gasteiger partial charge on any atom is -0.426 e. The standard InChI is InChI=1S/C14H18O5S/c1-2-3-4-5-6-7-14(15)19-12-8-10-13(11-9-12)20(16,17)18/h5-6,8-11H,2-4,7H2,1H3,(H,16,17,18). The van der Waals surface area contributed by atoms with E-state index in [2.05, 4.69) is 6.92 Å². The number of carbonyl (C=O) groups is 1. The second kappa shape index (κ2) is 7.81. The summed E-state index contributed by atoms with van der Waals surface area (Å²) in [5, 5.41) is 0. The summed E-state index contributed by atoms with van der Waals surface area (Å²) < 4.78 is 35.5. The Morgan fingerprint density at radius 3 is 2.45 bits per heavy atom. The van der Waals surface area contributed by atoms with E-state index < -0.39 is 16.1 Å². The topological polar surface area (TPSA) is 80.7 Å². The minimum atomic E-state index is -4.22. The second-order valence-electron chi connectivity index (χ2n) is 4.24. The van der Waals surface area contributed by atoms with Crippen molar-refractivity contribution in [1.29, 1.82) is 0 Å². The van der Waals surface area contributed by atoms with Crippen molar-refractivity contribution in [3.63, 3.8) is 0 Å². The monoisotopic (exact) mass is 298 g/mol. The van der Waals surface area contributed by atoms with Gasteiger partial charge in [0.2, 0.25) is 0 Å². The molecule has 110 valence electrons. The summed E-state index contributed by atoms with van der Waals surface area (Å²) in [7, 11) is -4.22. The number of esters is 1. The van der Waals surface area contributed by atoms with Crippen molar-refractivity contribution in [2.75, 3.05) is 0 Å². The Balaban J connectivity index is 2.48. The van der Waals surface area contributed by atoms with E-state index in [-0.39, 0.29) is 17.1 Å². The summed E-state index contributed by atoms with van der Waals surface area (Å²) in [6, 6.07) is 4.99. The molecule has 0 aliphatic carbocycles. The number of unbranched alkanes of at least 4 members (excludes halogenated alkanes) is 2. The molecule has 6 heteroatoms. The first-order valence-electron chi connectivity index (χ1n) is 6.36. The molecule has 0 saturated heterocycles. The molecule has 0 atom stereocenters. The molecule has 0 aliphatic rings. The van der Waals surface area contributed by atoms with Crippen molar-refractivity contribution < 1.29 is 22.5 Å². The Labute approximate surface area is 119 Å². The molecule has 0 aromatic heterocycles. The lowest BCUT2D eigenvalue weighted by atomic mass is 10.2. The van der Waals surface area contributed by atoms with E-state index in [1.807, 2.05) is 6.08 Å². The highest BCUT2D eigenvalue weighted by molar-refractivity contribution is 7.85. The minimum absolute atomic E-state index is 0.170. The van der Waals surface area contributed by atoms with Gasteiger partial charge in [0, 0.05) is 0 Å². The van der Waals surface area contributed by atoms with Crippen LogP contribution in [-0.4, -0.2) is 18.9 Å². The Morgan fingerprint density at radius 2 is 1.90 bits per heavy atom. The number of allylic oxidation sites excluding steroid dienone is 1. The first-order chi connectivity index (χ1) is 9.43. The van der Waals surface area contributed by atoms with Crippen molar-refractivity contribution in [3.05, 3.63) is 36.4 Å². The zero-order valence-electron chi connectivity index (χ0n) is 11.3. The highest BCUT2D eigenvalue weighted by Gasteiger charge is 2.09. The number of carbonyl (C=O) groups excluding carboxylic acids is 1. The molecule has 0 saturated carbocycles. The Bertz CT molecular complexity index is 558. The maximum absolute atomic E-state index is 11.5. The van der Waals surface area contributed by atoms with Gasteiger partial charge in [-0.15, -0.1) is 0 Å². The highest BCUT2D eigenvalue weighted by Crippen LogP contribution is 2.16. The van der Waals surface area contributed by atoms with Gasteiger partial charge in [-0.1, -0.05) is 31.9 Å². The third-order valence-electron chi connectivity index (χ3n) is 2.53. The highest BCUT2D eigenvalue weighted by atomic mass is 32.2. The van der Waals surface area contributed by atoms with E-state index in [9.17, 15) is 13.2 Å². The van der Waals surface area contributed by atoms with Crippen molar-refractivity contribution in [2.24, 2.45) is 0 Å². The molecule has 0 spiro atoms. The van der Waals surface area contributed by atoms with Crippen molar-refractivity contribution in [2.45, 2.75) is 37.5 Å². The van der Waals surface area contributed by atoms with Crippen LogP contribution >= 0.6 is 0 Å². The number of rotatable bonds is 7. The number of hydrogen-bond donors (Lipinski definition) is 1. The maximum Gasteiger partial charge on any atom is 0.315 e. The van der Waals surface area contributed by atoms with Gasteiger partial charge in [0.05, 0.1) is 11.3 Å². The lowest BCUT2D eigenvalue weighted by Gasteiger charge is -2.03. The molecule has 0 bridgehead atoms. The molecule has 0 unspecified atom stereocenters. The van der Waals surface area contributed by atoms with Crippen LogP contribution in [0.15, 0.2) is 41.3 Å². The quantitative estimate of drug-likeness (QED) is 0.275. The van der Waals surface area contributed by atoms with Crippen LogP contribution in [0.1, 0.15) is 32.6 Å². The predicted molar refractivity (Wildman–Crippen MR) is 75.2 cm³/mol. The SMILES string of the molecule is CCCCC=CCC(=O)Oc1ccc(S(=O)(=O)O)cc1. The van der Waals surface area contributed by atoms with E-state index >= 15 is 0 Å². The first-order valence-corrected chi connectivity index (χ1v) is 7.80. The third-order valence-corrected chi connectivity index (χ3v) is 3.40. The molecule has 20 heavy (non-hydrogen) atoms. The van der Waals surface area contributed by atoms with Gasteiger partial charge < -0.3 is 4.74 Å². The van der Waals surface area contributed by atoms with E-state index in [1.165, 1.54) is 24.3 Å². The van der Waals surface area contributed by atoms with Crippen LogP contribution < -0.4 is 4.74 Å². The second-order valence-corrected chi connectivity index (χ2v) is 5.66. The zero-order valence-corrected chi connectivity index (χ0v) is 12.1. The van der Waals surface area contributed by atoms with Crippen LogP contribution in [-0.2, 0) is 14.9 Å². The molecule has 1 N–H and O–H groups in total. The first kappa shape index (κ1) is 16.4. The molecular weight excluding hydrogens is 280 g/mol. The lowest BCUT2D eigenvalue weighted by Crippen LogP contribution is -2.06. The molecule has 1 aromatic carbocycles. The molecule has 0 amide bonds. The Morgan fingerprint density at radius 1 is 1.25 bits per heavy atom. The number of ether oxygens (including phenoxy) is 1. The number of benzene rings is 1. The molecule has 5 nitrogen and oxygen atoms in total. The Hall–Kier alpha value is -1.66. The summed E-state index contributed by atoms with van der Waals surface area (Å²) in [4.78, 5) is 11.2. The van der Waals surface area contributed by atoms with Gasteiger partial charge in [0.15, 0.2) is 0 Å². The van der Waals surface area contributed by atoms with Crippen LogP contribution in [0.25, 0.3) is 0 Å². The molecular formula is C14H18O5S. The van der Waals surface area contributed by atoms with Gasteiger partial charge in [-0.05, 0) is 30.7 Å². The summed E-state index contributed by atoms with van der Waals surface area (Å²) in [5.74, 6) is -0.179. The van der Waals surface area contributed by atoms with Crippen molar-refractivity contribution in [3.8, 4) is 5.75 Å². The summed E-state index contributed by atoms with van der Waals surface area (Å²) in [5.41, 5.74) is 0. The molecule has 0 heterocycles. The summed E-state index contributed by atoms with van der Waals surface area (Å²) in [6.45, 7) is 2.10. The molecule has 0 aliphatic heterocycles. The van der Waals surface area contributed by atoms with Gasteiger partial charge in [-0.25, -0.2) is 0 Å². The average Bonchev–Trinajstić information content (AvgIpc) is 2.38. The van der Waals surface area contributed by atoms with Crippen molar-refractivity contribution in [1.82, 2.24) is 0 Å². The van der Waals surface area contributed by atoms with Crippen LogP contribution in [0, 0.1) is 0 Å². The van der Waals surface area contributed by atoms with Gasteiger partial charge in [0.1, 0.15) is 5.75 Å². The van der Waals surface area contributed by atoms with Gasteiger partial charge >= 0.3 is 5.97 Å². The summed E-state index contributed by atoms with van der Waals surface area (Å²) >= 11 is 0. The van der Waals surface area contributed by atoms with E-state index in [0.717, 1.165) is 19.3 Å². The van der Waals surface area contributed by atoms with Gasteiger partial charge in [-0.2, -0.15) is 8.42 Å². The van der Waals surface area contributed by atoms with Crippen LogP contribution in [0.4, 0.5) is 0 Å². The molecule has 1 aromatic rings. The number of hydrogen-bond acceptors (Lipinski definition) is 4. The fourth-order valence-electron chi connectivity index (χ4n) is 1.47. The van der Waals surface area contributed by atoms with Gasteiger partial charge in [-0.3, -0.25) is 9.35 Å². The Kier molecular flexibility index (Phi) is 6.41. The predicted octanol–water partition coefficient (Wildman–Crippen LogP) is 2.98. The largest absolute Gasteiger partial charge is 0.426 e. The fourth-order valence-corrected chi connectivity index (χ4v) is 1.95. The van der Waals surface area contributed by atoms with E-state index in [4.69, 9.17) is 9.29 Å². The van der Waals surface area contributed by atoms with Crippen LogP contribution in [0.3, 0.4) is 0 Å². The van der Waals surface area contributed by atoms with E-state index in [0.29, 0.717) is 0 Å². The lowest BCUT2D eigenvalue weighted by molar-refractivity contribution is -0.133. The zero-order chi connectivity index (χ0) is 15.0. The molecule has 1 rings (SSSR count). The molecule has 0 fully saturated rings. The van der Waals surface area contributed by atoms with Crippen LogP contribution in [0.5, 0.6) is 5.75 Å². The molecule has 0 radical (unpaired) electrons. The fraction of sp³-hybridized carbons (Fsp3) is 0.357. The summed E-state index contributed by atoms with van der Waals surface area (Å²) in [6.07, 6.45) is 6.99. The smallest absolute Gasteiger partial charge is 0.315 e. The maximum atomic E-state index is 11.5. The van der Waals surface area contributed by atoms with Crippen molar-refractivity contribution >= 4 is 16.1 Å². The van der Waals surface area contributed by atoms with Gasteiger partial charge in [0.25, 0.3) is 10.1 Å². The third kappa shape index (κ3) is 5.99.